The molecule has 1 aromatic carbocycles. The Kier molecular flexibility index (Phi) is 3.02. The first kappa shape index (κ1) is 12.8. The molecule has 0 spiro atoms. The lowest BCUT2D eigenvalue weighted by atomic mass is 10.2. The van der Waals surface area contributed by atoms with Gasteiger partial charge >= 0.3 is 6.18 Å². The lowest BCUT2D eigenvalue weighted by molar-refractivity contribution is -0.141. The molecule has 0 bridgehead atoms. The Morgan fingerprint density at radius 1 is 1.22 bits per heavy atom. The fourth-order valence-electron chi connectivity index (χ4n) is 1.59. The molecule has 2 aromatic rings. The first-order chi connectivity index (χ1) is 8.29. The fourth-order valence-corrected chi connectivity index (χ4v) is 1.85. The third-order valence-corrected chi connectivity index (χ3v) is 2.73. The van der Waals surface area contributed by atoms with Crippen molar-refractivity contribution in [1.82, 2.24) is 9.78 Å². The molecular formula is C11H8F4N2S. The molecule has 0 atom stereocenters. The second-order valence-electron chi connectivity index (χ2n) is 3.77. The van der Waals surface area contributed by atoms with Crippen LogP contribution < -0.4 is 0 Å². The summed E-state index contributed by atoms with van der Waals surface area (Å²) >= 11 is 4.85. The zero-order valence-corrected chi connectivity index (χ0v) is 9.99. The van der Waals surface area contributed by atoms with Crippen molar-refractivity contribution in [1.29, 1.82) is 0 Å². The van der Waals surface area contributed by atoms with E-state index in [0.717, 1.165) is 16.8 Å². The lowest BCUT2D eigenvalue weighted by Crippen LogP contribution is -2.07. The minimum absolute atomic E-state index is 0.0166. The van der Waals surface area contributed by atoms with Crippen molar-refractivity contribution in [2.45, 2.75) is 13.1 Å². The van der Waals surface area contributed by atoms with Gasteiger partial charge in [-0.3, -0.25) is 5.10 Å². The van der Waals surface area contributed by atoms with E-state index in [9.17, 15) is 17.6 Å². The maximum atomic E-state index is 12.9. The molecule has 0 saturated carbocycles. The first-order valence-corrected chi connectivity index (χ1v) is 5.35. The predicted molar refractivity (Wildman–Crippen MR) is 60.7 cm³/mol. The maximum absolute atomic E-state index is 12.9. The molecule has 0 aliphatic rings. The summed E-state index contributed by atoms with van der Waals surface area (Å²) in [5.41, 5.74) is -0.0604. The summed E-state index contributed by atoms with van der Waals surface area (Å²) in [5, 5.41) is 2.16. The van der Waals surface area contributed by atoms with Gasteiger partial charge in [-0.15, -0.1) is 0 Å². The molecule has 18 heavy (non-hydrogen) atoms. The van der Waals surface area contributed by atoms with E-state index in [0.29, 0.717) is 11.3 Å². The molecule has 0 aliphatic heterocycles. The second kappa shape index (κ2) is 4.24. The third-order valence-electron chi connectivity index (χ3n) is 2.43. The highest BCUT2D eigenvalue weighted by Gasteiger charge is 2.33. The highest BCUT2D eigenvalue weighted by molar-refractivity contribution is 7.71. The molecule has 0 radical (unpaired) electrons. The van der Waals surface area contributed by atoms with Crippen LogP contribution in [0.3, 0.4) is 0 Å². The quantitative estimate of drug-likeness (QED) is 0.616. The molecule has 0 unspecified atom stereocenters. The van der Waals surface area contributed by atoms with Crippen LogP contribution in [0.15, 0.2) is 24.3 Å². The van der Waals surface area contributed by atoms with Gasteiger partial charge in [0, 0.05) is 6.07 Å². The van der Waals surface area contributed by atoms with Crippen LogP contribution in [-0.2, 0) is 6.18 Å². The van der Waals surface area contributed by atoms with Crippen molar-refractivity contribution < 1.29 is 17.6 Å². The molecule has 2 nitrogen and oxygen atoms in total. The number of aryl methyl sites for hydroxylation is 1. The predicted octanol–water partition coefficient (Wildman–Crippen LogP) is 4.00. The van der Waals surface area contributed by atoms with E-state index in [1.54, 1.807) is 6.92 Å². The Hall–Kier alpha value is -1.63. The van der Waals surface area contributed by atoms with E-state index < -0.39 is 17.7 Å². The molecule has 96 valence electrons. The molecule has 0 amide bonds. The van der Waals surface area contributed by atoms with Gasteiger partial charge in [0.05, 0.1) is 5.69 Å². The number of aromatic amines is 1. The van der Waals surface area contributed by atoms with E-state index >= 15 is 0 Å². The van der Waals surface area contributed by atoms with E-state index in [1.165, 1.54) is 12.1 Å². The number of halogens is 4. The molecule has 7 heteroatoms. The molecule has 0 fully saturated rings. The van der Waals surface area contributed by atoms with Crippen molar-refractivity contribution in [2.24, 2.45) is 0 Å². The number of hydrogen-bond acceptors (Lipinski definition) is 1. The van der Waals surface area contributed by atoms with Gasteiger partial charge in [-0.05, 0) is 30.7 Å². The van der Waals surface area contributed by atoms with Crippen LogP contribution in [0.25, 0.3) is 5.69 Å². The van der Waals surface area contributed by atoms with Crippen molar-refractivity contribution in [3.05, 3.63) is 46.0 Å². The van der Waals surface area contributed by atoms with E-state index in [-0.39, 0.29) is 4.64 Å². The number of nitrogens with zero attached hydrogens (tertiary/aromatic N) is 1. The molecule has 1 aromatic heterocycles. The minimum Gasteiger partial charge on any atom is -0.288 e. The molecule has 1 heterocycles. The Morgan fingerprint density at radius 2 is 1.89 bits per heavy atom. The maximum Gasteiger partial charge on any atom is 0.432 e. The first-order valence-electron chi connectivity index (χ1n) is 4.95. The zero-order valence-electron chi connectivity index (χ0n) is 9.18. The highest BCUT2D eigenvalue weighted by Crippen LogP contribution is 2.28. The third kappa shape index (κ3) is 2.31. The summed E-state index contributed by atoms with van der Waals surface area (Å²) < 4.78 is 51.6. The van der Waals surface area contributed by atoms with Crippen LogP contribution in [0, 0.1) is 17.4 Å². The van der Waals surface area contributed by atoms with Gasteiger partial charge in [0.15, 0.2) is 0 Å². The number of rotatable bonds is 1. The summed E-state index contributed by atoms with van der Waals surface area (Å²) in [7, 11) is 0. The summed E-state index contributed by atoms with van der Waals surface area (Å²) in [6.45, 7) is 1.59. The Balaban J connectivity index is 2.58. The number of nitrogens with one attached hydrogen (secondary N) is 1. The molecule has 0 aliphatic carbocycles. The second-order valence-corrected chi connectivity index (χ2v) is 4.19. The Bertz CT molecular complexity index is 639. The normalized spacial score (nSPS) is 11.8. The summed E-state index contributed by atoms with van der Waals surface area (Å²) in [6, 6.07) is 4.60. The van der Waals surface area contributed by atoms with Gasteiger partial charge in [0.2, 0.25) is 0 Å². The Morgan fingerprint density at radius 3 is 2.39 bits per heavy atom. The van der Waals surface area contributed by atoms with Gasteiger partial charge in [0.1, 0.15) is 16.2 Å². The average Bonchev–Trinajstić information content (AvgIpc) is 2.60. The van der Waals surface area contributed by atoms with E-state index in [2.05, 4.69) is 5.10 Å². The van der Waals surface area contributed by atoms with Crippen molar-refractivity contribution in [3.8, 4) is 5.69 Å². The van der Waals surface area contributed by atoms with Crippen molar-refractivity contribution in [2.75, 3.05) is 0 Å². The van der Waals surface area contributed by atoms with Gasteiger partial charge < -0.3 is 0 Å². The van der Waals surface area contributed by atoms with Crippen molar-refractivity contribution >= 4 is 12.2 Å². The Labute approximate surface area is 105 Å². The number of benzene rings is 1. The summed E-state index contributed by atoms with van der Waals surface area (Å²) in [6.07, 6.45) is -4.49. The monoisotopic (exact) mass is 276 g/mol. The van der Waals surface area contributed by atoms with Gasteiger partial charge in [-0.1, -0.05) is 12.2 Å². The van der Waals surface area contributed by atoms with Crippen molar-refractivity contribution in [3.63, 3.8) is 0 Å². The molecule has 0 saturated heterocycles. The molecule has 1 N–H and O–H groups in total. The fraction of sp³-hybridized carbons (Fsp3) is 0.182. The van der Waals surface area contributed by atoms with Crippen LogP contribution in [-0.4, -0.2) is 9.78 Å². The molecule has 2 rings (SSSR count). The number of alkyl halides is 3. The average molecular weight is 276 g/mol. The summed E-state index contributed by atoms with van der Waals surface area (Å²) in [4.78, 5) is 0. The van der Waals surface area contributed by atoms with Crippen LogP contribution in [0.4, 0.5) is 17.6 Å². The standard InChI is InChI=1S/C11H8F4N2S/c1-6-4-7(12)2-3-8(6)17-10(18)5-9(16-17)11(13,14)15/h2-5,16H,1H3. The zero-order chi connectivity index (χ0) is 13.5. The molecular weight excluding hydrogens is 268 g/mol. The topological polar surface area (TPSA) is 20.7 Å². The van der Waals surface area contributed by atoms with Crippen LogP contribution in [0.2, 0.25) is 0 Å². The van der Waals surface area contributed by atoms with Crippen LogP contribution in [0.5, 0.6) is 0 Å². The number of aromatic nitrogens is 2. The SMILES string of the molecule is Cc1cc(F)ccc1-n1[nH]c(C(F)(F)F)cc1=S. The van der Waals surface area contributed by atoms with E-state index in [4.69, 9.17) is 12.2 Å². The smallest absolute Gasteiger partial charge is 0.288 e. The van der Waals surface area contributed by atoms with Gasteiger partial charge in [-0.25, -0.2) is 9.07 Å². The number of hydrogen-bond donors (Lipinski definition) is 1. The minimum atomic E-state index is -4.49. The highest BCUT2D eigenvalue weighted by atomic mass is 32.1. The lowest BCUT2D eigenvalue weighted by Gasteiger charge is -2.08. The summed E-state index contributed by atoms with van der Waals surface area (Å²) in [5.74, 6) is -0.453. The van der Waals surface area contributed by atoms with Crippen LogP contribution >= 0.6 is 12.2 Å². The number of H-pyrrole nitrogens is 1. The van der Waals surface area contributed by atoms with E-state index in [1.807, 2.05) is 0 Å². The largest absolute Gasteiger partial charge is 0.432 e. The van der Waals surface area contributed by atoms with Gasteiger partial charge in [0.25, 0.3) is 0 Å². The van der Waals surface area contributed by atoms with Crippen LogP contribution in [0.1, 0.15) is 11.3 Å². The van der Waals surface area contributed by atoms with Gasteiger partial charge in [-0.2, -0.15) is 13.2 Å².